The van der Waals surface area contributed by atoms with Gasteiger partial charge in [-0.25, -0.2) is 9.59 Å². The van der Waals surface area contributed by atoms with E-state index in [1.54, 1.807) is 0 Å². The molecule has 212 valence electrons. The maximum absolute atomic E-state index is 10.6. The molecule has 1 saturated carbocycles. The number of alkyl halides is 6. The molecular weight excluding hydrogens is 530 g/mol. The van der Waals surface area contributed by atoms with E-state index in [1.165, 1.54) is 61.7 Å². The molecule has 0 amide bonds. The summed E-state index contributed by atoms with van der Waals surface area (Å²) in [4.78, 5) is 26.2. The molecule has 2 aliphatic heterocycles. The van der Waals surface area contributed by atoms with E-state index in [0.29, 0.717) is 5.41 Å². The summed E-state index contributed by atoms with van der Waals surface area (Å²) in [6.07, 6.45) is -5.89. The summed E-state index contributed by atoms with van der Waals surface area (Å²) >= 11 is 1.96. The number of carbonyl (C=O) groups is 2. The van der Waals surface area contributed by atoms with Crippen LogP contribution in [0.2, 0.25) is 0 Å². The van der Waals surface area contributed by atoms with E-state index in [0.717, 1.165) is 25.0 Å². The Kier molecular flexibility index (Phi) is 10.8. The van der Waals surface area contributed by atoms with Crippen molar-refractivity contribution in [2.45, 2.75) is 45.1 Å². The molecule has 0 radical (unpaired) electrons. The van der Waals surface area contributed by atoms with Crippen LogP contribution in [0.4, 0.5) is 26.3 Å². The molecule has 2 saturated heterocycles. The Morgan fingerprint density at radius 3 is 2.03 bits per heavy atom. The summed E-state index contributed by atoms with van der Waals surface area (Å²) in [6.45, 7) is 10.7. The van der Waals surface area contributed by atoms with Gasteiger partial charge >= 0.3 is 24.3 Å². The van der Waals surface area contributed by atoms with Crippen molar-refractivity contribution >= 4 is 23.3 Å². The van der Waals surface area contributed by atoms with Gasteiger partial charge in [0, 0.05) is 60.9 Å². The molecule has 7 nitrogen and oxygen atoms in total. The van der Waals surface area contributed by atoms with Gasteiger partial charge in [-0.3, -0.25) is 4.90 Å². The molecule has 14 heteroatoms. The molecule has 37 heavy (non-hydrogen) atoms. The van der Waals surface area contributed by atoms with E-state index in [2.05, 4.69) is 28.9 Å². The summed E-state index contributed by atoms with van der Waals surface area (Å²) in [5.41, 5.74) is 0.483. The zero-order valence-electron chi connectivity index (χ0n) is 20.6. The highest BCUT2D eigenvalue weighted by molar-refractivity contribution is 7.11. The number of thiophene rings is 1. The SMILES string of the molecule is COC[C@H]1CN(CC2CC2)C[C@@]12CCN(Cc1ccc(C)s1)C2.O=C(O)C(F)(F)F.O=C(O)C(F)(F)F. The second kappa shape index (κ2) is 12.8. The second-order valence-electron chi connectivity index (χ2n) is 9.73. The molecular formula is C23H32F6N2O5S. The van der Waals surface area contributed by atoms with E-state index in [-0.39, 0.29) is 0 Å². The third-order valence-corrected chi connectivity index (χ3v) is 7.57. The van der Waals surface area contributed by atoms with Crippen molar-refractivity contribution in [3.63, 3.8) is 0 Å². The number of ether oxygens (including phenoxy) is 1. The van der Waals surface area contributed by atoms with Gasteiger partial charge in [-0.05, 0) is 50.8 Å². The molecule has 2 atom stereocenters. The number of likely N-dealkylation sites (tertiary alicyclic amines) is 2. The number of aliphatic carboxylic acids is 2. The first-order chi connectivity index (χ1) is 17.1. The first-order valence-electron chi connectivity index (χ1n) is 11.6. The van der Waals surface area contributed by atoms with Crippen molar-refractivity contribution in [3.05, 3.63) is 21.9 Å². The van der Waals surface area contributed by atoms with Crippen LogP contribution in [0.25, 0.3) is 0 Å². The van der Waals surface area contributed by atoms with Gasteiger partial charge in [0.25, 0.3) is 0 Å². The monoisotopic (exact) mass is 562 g/mol. The summed E-state index contributed by atoms with van der Waals surface area (Å²) in [7, 11) is 1.87. The molecule has 1 aliphatic carbocycles. The van der Waals surface area contributed by atoms with Crippen LogP contribution in [0.3, 0.4) is 0 Å². The van der Waals surface area contributed by atoms with E-state index in [1.807, 2.05) is 18.4 Å². The Morgan fingerprint density at radius 1 is 1.05 bits per heavy atom. The summed E-state index contributed by atoms with van der Waals surface area (Å²) in [5, 5.41) is 14.2. The summed E-state index contributed by atoms with van der Waals surface area (Å²) in [5.74, 6) is -3.79. The number of nitrogens with zero attached hydrogens (tertiary/aromatic N) is 2. The van der Waals surface area contributed by atoms with Crippen molar-refractivity contribution in [2.75, 3.05) is 46.4 Å². The molecule has 2 N–H and O–H groups in total. The normalized spacial score (nSPS) is 24.4. The Morgan fingerprint density at radius 2 is 1.59 bits per heavy atom. The molecule has 0 aromatic carbocycles. The number of carboxylic acids is 2. The fraction of sp³-hybridized carbons (Fsp3) is 0.739. The number of methoxy groups -OCH3 is 1. The number of hydrogen-bond donors (Lipinski definition) is 2. The van der Waals surface area contributed by atoms with Crippen LogP contribution in [-0.4, -0.2) is 90.7 Å². The largest absolute Gasteiger partial charge is 0.490 e. The fourth-order valence-corrected chi connectivity index (χ4v) is 5.68. The average Bonchev–Trinajstić information content (AvgIpc) is 3.19. The topological polar surface area (TPSA) is 90.3 Å². The van der Waals surface area contributed by atoms with Crippen molar-refractivity contribution in [2.24, 2.45) is 17.3 Å². The van der Waals surface area contributed by atoms with Gasteiger partial charge < -0.3 is 19.8 Å². The predicted octanol–water partition coefficient (Wildman–Crippen LogP) is 4.50. The maximum Gasteiger partial charge on any atom is 0.490 e. The highest BCUT2D eigenvalue weighted by atomic mass is 32.1. The first kappa shape index (κ1) is 31.3. The van der Waals surface area contributed by atoms with E-state index in [9.17, 15) is 26.3 Å². The molecule has 1 aromatic rings. The van der Waals surface area contributed by atoms with Crippen LogP contribution < -0.4 is 0 Å². The maximum atomic E-state index is 10.6. The molecule has 3 heterocycles. The van der Waals surface area contributed by atoms with Crippen LogP contribution in [-0.2, 0) is 20.9 Å². The van der Waals surface area contributed by atoms with Gasteiger partial charge in [0.15, 0.2) is 0 Å². The molecule has 0 bridgehead atoms. The minimum Gasteiger partial charge on any atom is -0.475 e. The zero-order chi connectivity index (χ0) is 28.0. The summed E-state index contributed by atoms with van der Waals surface area (Å²) in [6, 6.07) is 4.57. The van der Waals surface area contributed by atoms with Crippen LogP contribution in [0.15, 0.2) is 12.1 Å². The molecule has 3 fully saturated rings. The molecule has 1 aromatic heterocycles. The minimum absolute atomic E-state index is 0.483. The smallest absolute Gasteiger partial charge is 0.475 e. The first-order valence-corrected chi connectivity index (χ1v) is 12.5. The number of halogens is 6. The van der Waals surface area contributed by atoms with Gasteiger partial charge in [0.2, 0.25) is 0 Å². The number of hydrogen-bond acceptors (Lipinski definition) is 6. The molecule has 3 aliphatic rings. The van der Waals surface area contributed by atoms with Crippen LogP contribution in [0, 0.1) is 24.2 Å². The third-order valence-electron chi connectivity index (χ3n) is 6.59. The van der Waals surface area contributed by atoms with Crippen molar-refractivity contribution in [1.29, 1.82) is 0 Å². The third kappa shape index (κ3) is 10.1. The summed E-state index contributed by atoms with van der Waals surface area (Å²) < 4.78 is 69.1. The van der Waals surface area contributed by atoms with Crippen LogP contribution >= 0.6 is 11.3 Å². The zero-order valence-corrected chi connectivity index (χ0v) is 21.4. The molecule has 0 unspecified atom stereocenters. The van der Waals surface area contributed by atoms with Crippen molar-refractivity contribution in [1.82, 2.24) is 9.80 Å². The lowest BCUT2D eigenvalue weighted by Crippen LogP contribution is -2.36. The van der Waals surface area contributed by atoms with Crippen LogP contribution in [0.5, 0.6) is 0 Å². The van der Waals surface area contributed by atoms with Gasteiger partial charge in [-0.1, -0.05) is 0 Å². The highest BCUT2D eigenvalue weighted by Gasteiger charge is 2.50. The van der Waals surface area contributed by atoms with E-state index in [4.69, 9.17) is 24.5 Å². The Hall–Kier alpha value is -1.90. The number of aryl methyl sites for hydroxylation is 1. The molecule has 4 rings (SSSR count). The lowest BCUT2D eigenvalue weighted by Gasteiger charge is -2.30. The average molecular weight is 563 g/mol. The Bertz CT molecular complexity index is 881. The van der Waals surface area contributed by atoms with E-state index < -0.39 is 24.3 Å². The standard InChI is InChI=1S/C19H30N2OS.2C2HF3O2/c1-15-3-6-18(23-15)11-20-8-7-19(13-20)14-21(9-16-4-5-16)10-17(19)12-22-2;2*3-2(4,5)1(6)7/h3,6,16-17H,4-5,7-14H2,1-2H3;2*(H,6,7)/t17-,19+;;/m1../s1. The van der Waals surface area contributed by atoms with Gasteiger partial charge in [0.1, 0.15) is 0 Å². The van der Waals surface area contributed by atoms with Gasteiger partial charge in [-0.2, -0.15) is 26.3 Å². The lowest BCUT2D eigenvalue weighted by atomic mass is 9.77. The fourth-order valence-electron chi connectivity index (χ4n) is 4.75. The minimum atomic E-state index is -5.08. The number of carboxylic acid groups (broad SMARTS) is 2. The lowest BCUT2D eigenvalue weighted by molar-refractivity contribution is -0.193. The van der Waals surface area contributed by atoms with Gasteiger partial charge in [-0.15, -0.1) is 11.3 Å². The van der Waals surface area contributed by atoms with Gasteiger partial charge in [0.05, 0.1) is 6.61 Å². The van der Waals surface area contributed by atoms with Crippen LogP contribution in [0.1, 0.15) is 29.0 Å². The number of rotatable bonds is 6. The quantitative estimate of drug-likeness (QED) is 0.494. The van der Waals surface area contributed by atoms with Crippen molar-refractivity contribution < 1.29 is 50.9 Å². The Labute approximate surface area is 215 Å². The Balaban J connectivity index is 0.000000286. The van der Waals surface area contributed by atoms with E-state index >= 15 is 0 Å². The highest BCUT2D eigenvalue weighted by Crippen LogP contribution is 2.45. The molecule has 1 spiro atoms. The predicted molar refractivity (Wildman–Crippen MR) is 123 cm³/mol. The van der Waals surface area contributed by atoms with Crippen molar-refractivity contribution in [3.8, 4) is 0 Å². The second-order valence-corrected chi connectivity index (χ2v) is 11.1.